The third-order valence-electron chi connectivity index (χ3n) is 4.24. The lowest BCUT2D eigenvalue weighted by Gasteiger charge is -2.20. The Morgan fingerprint density at radius 3 is 2.80 bits per heavy atom. The quantitative estimate of drug-likeness (QED) is 0.476. The zero-order chi connectivity index (χ0) is 20.8. The summed E-state index contributed by atoms with van der Waals surface area (Å²) in [5.41, 5.74) is 3.12. The van der Waals surface area contributed by atoms with Crippen molar-refractivity contribution in [1.82, 2.24) is 5.43 Å². The minimum Gasteiger partial charge on any atom is -0.493 e. The van der Waals surface area contributed by atoms with Crippen LogP contribution < -0.4 is 24.4 Å². The molecule has 154 valence electrons. The van der Waals surface area contributed by atoms with E-state index >= 15 is 0 Å². The molecule has 0 fully saturated rings. The lowest BCUT2D eigenvalue weighted by Crippen LogP contribution is -2.17. The Labute approximate surface area is 173 Å². The highest BCUT2D eigenvalue weighted by Gasteiger charge is 2.18. The number of furan rings is 1. The highest BCUT2D eigenvalue weighted by molar-refractivity contribution is 5.92. The number of fused-ring (bicyclic) bond motifs is 1. The van der Waals surface area contributed by atoms with Gasteiger partial charge in [0.2, 0.25) is 5.75 Å². The Morgan fingerprint density at radius 2 is 1.97 bits per heavy atom. The Morgan fingerprint density at radius 1 is 1.13 bits per heavy atom. The van der Waals surface area contributed by atoms with Crippen molar-refractivity contribution in [3.8, 4) is 23.0 Å². The highest BCUT2D eigenvalue weighted by Crippen LogP contribution is 2.39. The predicted molar refractivity (Wildman–Crippen MR) is 109 cm³/mol. The second-order valence-corrected chi connectivity index (χ2v) is 6.31. The molecule has 1 aliphatic heterocycles. The monoisotopic (exact) mass is 408 g/mol. The first-order valence-electron chi connectivity index (χ1n) is 9.30. The van der Waals surface area contributed by atoms with Gasteiger partial charge < -0.3 is 23.4 Å². The molecule has 0 radical (unpaired) electrons. The molecule has 2 aromatic carbocycles. The van der Waals surface area contributed by atoms with Crippen LogP contribution in [0.3, 0.4) is 0 Å². The third kappa shape index (κ3) is 4.54. The third-order valence-corrected chi connectivity index (χ3v) is 4.24. The molecule has 0 unspecified atom stereocenters. The van der Waals surface area contributed by atoms with Gasteiger partial charge in [0.15, 0.2) is 17.3 Å². The molecule has 8 nitrogen and oxygen atoms in total. The number of hydrogen-bond acceptors (Lipinski definition) is 7. The summed E-state index contributed by atoms with van der Waals surface area (Å²) in [5, 5.41) is 3.98. The van der Waals surface area contributed by atoms with Crippen molar-refractivity contribution < 1.29 is 28.2 Å². The number of nitrogens with one attached hydrogen (secondary N) is 1. The molecule has 1 amide bonds. The maximum atomic E-state index is 12.2. The first kappa shape index (κ1) is 19.4. The maximum absolute atomic E-state index is 12.2. The van der Waals surface area contributed by atoms with Gasteiger partial charge >= 0.3 is 5.91 Å². The number of amides is 1. The van der Waals surface area contributed by atoms with Crippen molar-refractivity contribution in [1.29, 1.82) is 0 Å². The van der Waals surface area contributed by atoms with E-state index in [1.165, 1.54) is 6.21 Å². The molecule has 4 rings (SSSR count). The van der Waals surface area contributed by atoms with Gasteiger partial charge in [0.1, 0.15) is 31.3 Å². The molecule has 1 N–H and O–H groups in total. The topological polar surface area (TPSA) is 91.5 Å². The van der Waals surface area contributed by atoms with Crippen LogP contribution in [0.25, 0.3) is 0 Å². The van der Waals surface area contributed by atoms with E-state index in [1.54, 1.807) is 31.4 Å². The summed E-state index contributed by atoms with van der Waals surface area (Å²) in [6.07, 6.45) is 1.49. The normalized spacial score (nSPS) is 12.6. The molecule has 0 aliphatic carbocycles. The molecule has 3 aromatic rings. The van der Waals surface area contributed by atoms with E-state index in [0.717, 1.165) is 5.75 Å². The van der Waals surface area contributed by atoms with E-state index in [9.17, 15) is 4.79 Å². The average Bonchev–Trinajstić information content (AvgIpc) is 3.27. The van der Waals surface area contributed by atoms with Crippen LogP contribution in [0, 0.1) is 0 Å². The summed E-state index contributed by atoms with van der Waals surface area (Å²) in [7, 11) is 1.55. The predicted octanol–water partition coefficient (Wildman–Crippen LogP) is 3.40. The van der Waals surface area contributed by atoms with E-state index in [2.05, 4.69) is 10.5 Å². The van der Waals surface area contributed by atoms with Crippen LogP contribution in [0.15, 0.2) is 64.1 Å². The fourth-order valence-corrected chi connectivity index (χ4v) is 2.84. The molecular formula is C22H20N2O6. The second-order valence-electron chi connectivity index (χ2n) is 6.31. The molecule has 1 aliphatic rings. The largest absolute Gasteiger partial charge is 0.493 e. The number of nitrogens with zero attached hydrogens (tertiary/aromatic N) is 1. The van der Waals surface area contributed by atoms with Crippen molar-refractivity contribution in [2.24, 2.45) is 5.10 Å². The number of para-hydroxylation sites is 1. The summed E-state index contributed by atoms with van der Waals surface area (Å²) in [6.45, 7) is 1.15. The first-order chi connectivity index (χ1) is 14.7. The molecule has 0 saturated heterocycles. The minimum absolute atomic E-state index is 0.138. The molecule has 30 heavy (non-hydrogen) atoms. The Kier molecular flexibility index (Phi) is 5.84. The van der Waals surface area contributed by atoms with E-state index in [1.807, 2.05) is 30.3 Å². The van der Waals surface area contributed by atoms with Crippen LogP contribution in [-0.4, -0.2) is 32.4 Å². The molecular weight excluding hydrogens is 388 g/mol. The van der Waals surface area contributed by atoms with Crippen LogP contribution in [-0.2, 0) is 6.61 Å². The minimum atomic E-state index is -0.471. The summed E-state index contributed by atoms with van der Waals surface area (Å²) < 4.78 is 27.6. The number of benzene rings is 2. The summed E-state index contributed by atoms with van der Waals surface area (Å²) in [6, 6.07) is 16.1. The van der Waals surface area contributed by atoms with Crippen molar-refractivity contribution in [3.05, 3.63) is 71.7 Å². The SMILES string of the molecule is COc1cc(/C=N\NC(=O)c2ccc(COc3ccccc3)o2)cc2c1OCCO2. The Balaban J connectivity index is 1.35. The average molecular weight is 408 g/mol. The fraction of sp³-hybridized carbons (Fsp3) is 0.182. The van der Waals surface area contributed by atoms with E-state index < -0.39 is 5.91 Å². The van der Waals surface area contributed by atoms with Crippen LogP contribution in [0.4, 0.5) is 0 Å². The van der Waals surface area contributed by atoms with Gasteiger partial charge in [0.05, 0.1) is 13.3 Å². The van der Waals surface area contributed by atoms with Gasteiger partial charge in [-0.1, -0.05) is 18.2 Å². The van der Waals surface area contributed by atoms with Crippen LogP contribution in [0.2, 0.25) is 0 Å². The number of ether oxygens (including phenoxy) is 4. The summed E-state index contributed by atoms with van der Waals surface area (Å²) in [4.78, 5) is 12.2. The molecule has 0 bridgehead atoms. The first-order valence-corrected chi connectivity index (χ1v) is 9.30. The highest BCUT2D eigenvalue weighted by atomic mass is 16.6. The number of carbonyl (C=O) groups excluding carboxylic acids is 1. The molecule has 0 atom stereocenters. The van der Waals surface area contributed by atoms with Gasteiger partial charge in [-0.05, 0) is 36.4 Å². The number of methoxy groups -OCH3 is 1. The Bertz CT molecular complexity index is 1030. The van der Waals surface area contributed by atoms with E-state index in [0.29, 0.717) is 41.8 Å². The standard InChI is InChI=1S/C22H20N2O6/c1-26-19-11-15(12-20-21(19)28-10-9-27-20)13-23-24-22(25)18-8-7-17(30-18)14-29-16-5-3-2-4-6-16/h2-8,11-13H,9-10,14H2,1H3,(H,24,25)/b23-13-. The van der Waals surface area contributed by atoms with Crippen molar-refractivity contribution in [3.63, 3.8) is 0 Å². The lowest BCUT2D eigenvalue weighted by atomic mass is 10.2. The number of carbonyl (C=O) groups is 1. The van der Waals surface area contributed by atoms with Gasteiger partial charge in [-0.3, -0.25) is 4.79 Å². The van der Waals surface area contributed by atoms with Gasteiger partial charge in [-0.15, -0.1) is 0 Å². The number of rotatable bonds is 7. The molecule has 2 heterocycles. The van der Waals surface area contributed by atoms with Gasteiger partial charge in [0, 0.05) is 5.56 Å². The molecule has 8 heteroatoms. The van der Waals surface area contributed by atoms with Crippen molar-refractivity contribution in [2.45, 2.75) is 6.61 Å². The van der Waals surface area contributed by atoms with E-state index in [4.69, 9.17) is 23.4 Å². The van der Waals surface area contributed by atoms with Crippen molar-refractivity contribution in [2.75, 3.05) is 20.3 Å². The van der Waals surface area contributed by atoms with Crippen molar-refractivity contribution >= 4 is 12.1 Å². The second kappa shape index (κ2) is 9.04. The van der Waals surface area contributed by atoms with Gasteiger partial charge in [0.25, 0.3) is 0 Å². The Hall–Kier alpha value is -3.94. The molecule has 0 spiro atoms. The smallest absolute Gasteiger partial charge is 0.307 e. The van der Waals surface area contributed by atoms with E-state index in [-0.39, 0.29) is 12.4 Å². The summed E-state index contributed by atoms with van der Waals surface area (Å²) in [5.74, 6) is 2.59. The van der Waals surface area contributed by atoms with Crippen LogP contribution in [0.1, 0.15) is 21.9 Å². The van der Waals surface area contributed by atoms with Crippen LogP contribution >= 0.6 is 0 Å². The zero-order valence-electron chi connectivity index (χ0n) is 16.3. The van der Waals surface area contributed by atoms with Gasteiger partial charge in [-0.25, -0.2) is 5.43 Å². The van der Waals surface area contributed by atoms with Crippen LogP contribution in [0.5, 0.6) is 23.0 Å². The van der Waals surface area contributed by atoms with Gasteiger partial charge in [-0.2, -0.15) is 5.10 Å². The fourth-order valence-electron chi connectivity index (χ4n) is 2.84. The molecule has 0 saturated carbocycles. The lowest BCUT2D eigenvalue weighted by molar-refractivity contribution is 0.0923. The maximum Gasteiger partial charge on any atom is 0.307 e. The summed E-state index contributed by atoms with van der Waals surface area (Å²) >= 11 is 0. The number of hydrazone groups is 1. The number of hydrogen-bond donors (Lipinski definition) is 1. The zero-order valence-corrected chi connectivity index (χ0v) is 16.3. The molecule has 1 aromatic heterocycles.